The summed E-state index contributed by atoms with van der Waals surface area (Å²) >= 11 is 0. The molecule has 0 saturated heterocycles. The maximum Gasteiger partial charge on any atom is -0.0352 e. The molecular weight excluding hydrogens is 72.1 g/mol. The normalized spacial score (nSPS) is 45.0. The summed E-state index contributed by atoms with van der Waals surface area (Å²) in [5, 5.41) is 0. The molecule has 1 rings (SSSR count). The van der Waals surface area contributed by atoms with Crippen LogP contribution in [0.2, 0.25) is 0 Å². The van der Waals surface area contributed by atoms with Crippen LogP contribution in [0.15, 0.2) is 0 Å². The van der Waals surface area contributed by atoms with E-state index in [-0.39, 0.29) is 0 Å². The van der Waals surface area contributed by atoms with Crippen molar-refractivity contribution in [2.24, 2.45) is 11.8 Å². The summed E-state index contributed by atoms with van der Waals surface area (Å²) in [4.78, 5) is 0. The molecule has 0 amide bonds. The van der Waals surface area contributed by atoms with Gasteiger partial charge in [0.2, 0.25) is 0 Å². The smallest absolute Gasteiger partial charge is 0.0352 e. The third-order valence-corrected chi connectivity index (χ3v) is 1.78. The Morgan fingerprint density at radius 1 is 1.50 bits per heavy atom. The zero-order valence-corrected chi connectivity index (χ0v) is 4.44. The Bertz CT molecular complexity index is 40.0. The average molecular weight is 83.2 g/mol. The van der Waals surface area contributed by atoms with Crippen LogP contribution < -0.4 is 0 Å². The van der Waals surface area contributed by atoms with Crippen LogP contribution >= 0.6 is 0 Å². The highest BCUT2D eigenvalue weighted by molar-refractivity contribution is 4.89. The molecule has 0 unspecified atom stereocenters. The molecule has 0 aromatic heterocycles. The van der Waals surface area contributed by atoms with E-state index >= 15 is 0 Å². The van der Waals surface area contributed by atoms with Crippen LogP contribution in [0.4, 0.5) is 0 Å². The Balaban J connectivity index is 2.20. The van der Waals surface area contributed by atoms with Gasteiger partial charge < -0.3 is 0 Å². The average Bonchev–Trinajstić information content (AvgIpc) is 1.61. The lowest BCUT2D eigenvalue weighted by Crippen LogP contribution is -2.19. The molecule has 0 nitrogen and oxygen atoms in total. The summed E-state index contributed by atoms with van der Waals surface area (Å²) < 4.78 is 0. The lowest BCUT2D eigenvalue weighted by Gasteiger charge is -2.29. The fourth-order valence-corrected chi connectivity index (χ4v) is 0.680. The minimum Gasteiger partial charge on any atom is -0.0622 e. The van der Waals surface area contributed by atoms with Gasteiger partial charge in [-0.25, -0.2) is 0 Å². The predicted octanol–water partition coefficient (Wildman–Crippen LogP) is 1.87. The van der Waals surface area contributed by atoms with Crippen LogP contribution in [-0.2, 0) is 0 Å². The Hall–Kier alpha value is 0. The van der Waals surface area contributed by atoms with Crippen LogP contribution in [0.5, 0.6) is 0 Å². The molecule has 0 aliphatic heterocycles. The topological polar surface area (TPSA) is 0 Å². The van der Waals surface area contributed by atoms with Gasteiger partial charge in [0.15, 0.2) is 0 Å². The van der Waals surface area contributed by atoms with Crippen LogP contribution in [0.1, 0.15) is 20.3 Å². The first kappa shape index (κ1) is 4.17. The van der Waals surface area contributed by atoms with Crippen molar-refractivity contribution in [1.29, 1.82) is 0 Å². The quantitative estimate of drug-likeness (QED) is 0.419. The van der Waals surface area contributed by atoms with Gasteiger partial charge in [0.1, 0.15) is 0 Å². The Kier molecular flexibility index (Phi) is 0.868. The highest BCUT2D eigenvalue weighted by atomic mass is 14.3. The van der Waals surface area contributed by atoms with E-state index in [0.717, 1.165) is 11.8 Å². The van der Waals surface area contributed by atoms with Crippen molar-refractivity contribution < 1.29 is 0 Å². The van der Waals surface area contributed by atoms with Gasteiger partial charge >= 0.3 is 0 Å². The van der Waals surface area contributed by atoms with Gasteiger partial charge in [-0.1, -0.05) is 13.8 Å². The Morgan fingerprint density at radius 2 is 2.00 bits per heavy atom. The van der Waals surface area contributed by atoms with Crippen LogP contribution in [0.25, 0.3) is 0 Å². The monoisotopic (exact) mass is 83.1 g/mol. The van der Waals surface area contributed by atoms with E-state index in [0.29, 0.717) is 0 Å². The minimum atomic E-state index is 0.907. The zero-order valence-electron chi connectivity index (χ0n) is 4.44. The summed E-state index contributed by atoms with van der Waals surface area (Å²) in [6.45, 7) is 4.57. The zero-order chi connectivity index (χ0) is 4.57. The molecule has 35 valence electrons. The van der Waals surface area contributed by atoms with Gasteiger partial charge in [-0.05, 0) is 24.7 Å². The molecule has 1 aliphatic carbocycles. The molecule has 1 aliphatic rings. The van der Waals surface area contributed by atoms with Crippen LogP contribution in [0, 0.1) is 18.3 Å². The van der Waals surface area contributed by atoms with Crippen molar-refractivity contribution in [3.63, 3.8) is 0 Å². The molecule has 0 aromatic rings. The maximum absolute atomic E-state index is 2.37. The van der Waals surface area contributed by atoms with Crippen molar-refractivity contribution in [2.75, 3.05) is 0 Å². The van der Waals surface area contributed by atoms with E-state index in [1.165, 1.54) is 6.42 Å². The molecule has 0 heteroatoms. The first-order valence-corrected chi connectivity index (χ1v) is 2.64. The second-order valence-electron chi connectivity index (χ2n) is 2.31. The van der Waals surface area contributed by atoms with Crippen LogP contribution in [-0.4, -0.2) is 0 Å². The van der Waals surface area contributed by atoms with E-state index in [9.17, 15) is 0 Å². The predicted molar refractivity (Wildman–Crippen MR) is 27.2 cm³/mol. The standard InChI is InChI=1S/C6H11/c1-5-3-4-6(5)2/h3,5-6H,4H2,1-2H3/t5-,6+/m0/s1. The van der Waals surface area contributed by atoms with Gasteiger partial charge in [0.05, 0.1) is 0 Å². The molecule has 2 atom stereocenters. The van der Waals surface area contributed by atoms with Gasteiger partial charge in [0.25, 0.3) is 0 Å². The second kappa shape index (κ2) is 1.25. The van der Waals surface area contributed by atoms with Gasteiger partial charge in [0, 0.05) is 0 Å². The number of hydrogen-bond acceptors (Lipinski definition) is 0. The van der Waals surface area contributed by atoms with E-state index in [4.69, 9.17) is 0 Å². The lowest BCUT2D eigenvalue weighted by atomic mass is 9.77. The first-order chi connectivity index (χ1) is 2.80. The van der Waals surface area contributed by atoms with Crippen molar-refractivity contribution in [3.05, 3.63) is 6.42 Å². The van der Waals surface area contributed by atoms with Gasteiger partial charge in [-0.2, -0.15) is 0 Å². The lowest BCUT2D eigenvalue weighted by molar-refractivity contribution is 0.317. The second-order valence-corrected chi connectivity index (χ2v) is 2.31. The number of rotatable bonds is 0. The third kappa shape index (κ3) is 0.444. The van der Waals surface area contributed by atoms with Crippen molar-refractivity contribution >= 4 is 0 Å². The van der Waals surface area contributed by atoms with Crippen molar-refractivity contribution in [2.45, 2.75) is 20.3 Å². The highest BCUT2D eigenvalue weighted by Crippen LogP contribution is 2.31. The maximum atomic E-state index is 2.37. The van der Waals surface area contributed by atoms with E-state index < -0.39 is 0 Å². The summed E-state index contributed by atoms with van der Waals surface area (Å²) in [7, 11) is 0. The van der Waals surface area contributed by atoms with Crippen LogP contribution in [0.3, 0.4) is 0 Å². The molecule has 0 bridgehead atoms. The largest absolute Gasteiger partial charge is 0.0622 e. The van der Waals surface area contributed by atoms with E-state index in [2.05, 4.69) is 20.3 Å². The molecule has 0 heterocycles. The molecule has 0 spiro atoms. The molecule has 6 heavy (non-hydrogen) atoms. The summed E-state index contributed by atoms with van der Waals surface area (Å²) in [5.41, 5.74) is 0. The highest BCUT2D eigenvalue weighted by Gasteiger charge is 2.21. The Labute approximate surface area is 39.6 Å². The fourth-order valence-electron chi connectivity index (χ4n) is 0.680. The molecule has 1 saturated carbocycles. The SMILES string of the molecule is C[C@@H]1C[CH][C@@H]1C. The molecular formula is C6H11. The Morgan fingerprint density at radius 3 is 2.00 bits per heavy atom. The molecule has 0 N–H and O–H groups in total. The summed E-state index contributed by atoms with van der Waals surface area (Å²) in [6, 6.07) is 0. The first-order valence-electron chi connectivity index (χ1n) is 2.64. The molecule has 0 aromatic carbocycles. The third-order valence-electron chi connectivity index (χ3n) is 1.78. The molecule has 1 radical (unpaired) electrons. The minimum absolute atomic E-state index is 0.907. The van der Waals surface area contributed by atoms with Gasteiger partial charge in [-0.3, -0.25) is 0 Å². The summed E-state index contributed by atoms with van der Waals surface area (Å²) in [6.07, 6.45) is 3.71. The van der Waals surface area contributed by atoms with Crippen molar-refractivity contribution in [3.8, 4) is 0 Å². The fraction of sp³-hybridized carbons (Fsp3) is 0.833. The number of hydrogen-bond donors (Lipinski definition) is 0. The van der Waals surface area contributed by atoms with E-state index in [1.54, 1.807) is 0 Å². The summed E-state index contributed by atoms with van der Waals surface area (Å²) in [5.74, 6) is 1.88. The molecule has 1 fully saturated rings. The van der Waals surface area contributed by atoms with E-state index in [1.807, 2.05) is 0 Å². The van der Waals surface area contributed by atoms with Gasteiger partial charge in [-0.15, -0.1) is 0 Å². The van der Waals surface area contributed by atoms with Crippen molar-refractivity contribution in [1.82, 2.24) is 0 Å².